The van der Waals surface area contributed by atoms with Crippen molar-refractivity contribution in [3.63, 3.8) is 0 Å². The first-order valence-electron chi connectivity index (χ1n) is 21.9. The molecule has 0 saturated carbocycles. The third kappa shape index (κ3) is 10.4. The Kier molecular flexibility index (Phi) is 14.0. The molecule has 9 heteroatoms. The molecule has 0 saturated heterocycles. The molecule has 0 heterocycles. The molecule has 0 fully saturated rings. The fourth-order valence-corrected chi connectivity index (χ4v) is 8.71. The van der Waals surface area contributed by atoms with Crippen molar-refractivity contribution in [2.45, 2.75) is 69.2 Å². The molecule has 6 aromatic carbocycles. The molecule has 0 radical (unpaired) electrons. The van der Waals surface area contributed by atoms with Crippen LogP contribution in [0.3, 0.4) is 0 Å². The lowest BCUT2D eigenvalue weighted by atomic mass is 10.1. The molecular formula is C53H54N4O5. The molecule has 2 aliphatic carbocycles. The molecule has 0 aromatic heterocycles. The number of ether oxygens (including phenoxy) is 2. The topological polar surface area (TPSA) is 118 Å². The van der Waals surface area contributed by atoms with Crippen LogP contribution in [0, 0.1) is 0 Å². The monoisotopic (exact) mass is 826 g/mol. The van der Waals surface area contributed by atoms with Gasteiger partial charge in [-0.2, -0.15) is 0 Å². The number of fused-ring (bicyclic) bond motifs is 6. The number of nitrogens with one attached hydrogen (secondary N) is 4. The molecule has 8 rings (SSSR count). The van der Waals surface area contributed by atoms with Gasteiger partial charge in [0.2, 0.25) is 5.91 Å². The van der Waals surface area contributed by atoms with Gasteiger partial charge in [0.1, 0.15) is 6.04 Å². The molecule has 3 amide bonds. The van der Waals surface area contributed by atoms with Crippen LogP contribution in [0.2, 0.25) is 0 Å². The summed E-state index contributed by atoms with van der Waals surface area (Å²) in [5.74, 6) is -0.234. The molecule has 2 unspecified atom stereocenters. The first-order valence-corrected chi connectivity index (χ1v) is 21.9. The summed E-state index contributed by atoms with van der Waals surface area (Å²) < 4.78 is 12.1. The van der Waals surface area contributed by atoms with Crippen LogP contribution in [0.15, 0.2) is 158 Å². The van der Waals surface area contributed by atoms with E-state index in [4.69, 9.17) is 9.47 Å². The summed E-state index contributed by atoms with van der Waals surface area (Å²) in [5, 5.41) is 12.7. The van der Waals surface area contributed by atoms with E-state index in [9.17, 15) is 14.4 Å². The summed E-state index contributed by atoms with van der Waals surface area (Å²) in [6.07, 6.45) is 3.83. The summed E-state index contributed by atoms with van der Waals surface area (Å²) in [4.78, 5) is 40.3. The zero-order chi connectivity index (χ0) is 42.5. The van der Waals surface area contributed by atoms with Crippen molar-refractivity contribution < 1.29 is 23.9 Å². The second-order valence-electron chi connectivity index (χ2n) is 16.1. The highest BCUT2D eigenvalue weighted by Crippen LogP contribution is 2.46. The zero-order valence-corrected chi connectivity index (χ0v) is 34.9. The Hall–Kier alpha value is -6.71. The predicted octanol–water partition coefficient (Wildman–Crippen LogP) is 9.86. The van der Waals surface area contributed by atoms with Gasteiger partial charge in [0, 0.05) is 47.8 Å². The second kappa shape index (κ2) is 20.7. The lowest BCUT2D eigenvalue weighted by molar-refractivity contribution is -0.123. The van der Waals surface area contributed by atoms with Gasteiger partial charge in [-0.1, -0.05) is 177 Å². The maximum atomic E-state index is 13.5. The Balaban J connectivity index is 0.763. The van der Waals surface area contributed by atoms with Crippen molar-refractivity contribution in [2.24, 2.45) is 0 Å². The smallest absolute Gasteiger partial charge is 0.408 e. The third-order valence-corrected chi connectivity index (χ3v) is 11.8. The van der Waals surface area contributed by atoms with Crippen LogP contribution < -0.4 is 21.3 Å². The van der Waals surface area contributed by atoms with Crippen molar-refractivity contribution in [3.05, 3.63) is 191 Å². The largest absolute Gasteiger partial charge is 0.436 e. The molecule has 0 bridgehead atoms. The van der Waals surface area contributed by atoms with Gasteiger partial charge in [-0.15, -0.1) is 0 Å². The summed E-state index contributed by atoms with van der Waals surface area (Å²) in [6.45, 7) is 1.95. The first kappa shape index (κ1) is 42.0. The fourth-order valence-electron chi connectivity index (χ4n) is 8.71. The van der Waals surface area contributed by atoms with Gasteiger partial charge >= 0.3 is 12.2 Å². The SMILES string of the molecule is O=C(NC(CNCCCCCCCNC(=O)C(Cc1ccccc1)NC(=O)OC1c2ccccc2-c2ccccc21)Cc1ccccc1)OC1c2ccccc2-c2ccccc21. The maximum absolute atomic E-state index is 13.5. The van der Waals surface area contributed by atoms with Gasteiger partial charge < -0.3 is 30.7 Å². The van der Waals surface area contributed by atoms with Crippen LogP contribution >= 0.6 is 0 Å². The van der Waals surface area contributed by atoms with E-state index in [2.05, 4.69) is 45.5 Å². The van der Waals surface area contributed by atoms with Crippen molar-refractivity contribution >= 4 is 18.1 Å². The van der Waals surface area contributed by atoms with Crippen LogP contribution in [0.25, 0.3) is 22.3 Å². The van der Waals surface area contributed by atoms with E-state index in [1.807, 2.05) is 133 Å². The minimum atomic E-state index is -0.791. The van der Waals surface area contributed by atoms with Crippen LogP contribution in [0.5, 0.6) is 0 Å². The van der Waals surface area contributed by atoms with Gasteiger partial charge in [0.25, 0.3) is 0 Å². The van der Waals surface area contributed by atoms with E-state index in [-0.39, 0.29) is 11.9 Å². The molecule has 9 nitrogen and oxygen atoms in total. The molecule has 6 aromatic rings. The van der Waals surface area contributed by atoms with E-state index in [0.717, 1.165) is 94.3 Å². The summed E-state index contributed by atoms with van der Waals surface area (Å²) in [5.41, 5.74) is 10.3. The normalized spacial score (nSPS) is 13.5. The summed E-state index contributed by atoms with van der Waals surface area (Å²) in [6, 6.07) is 51.0. The Labute approximate surface area is 364 Å². The highest BCUT2D eigenvalue weighted by atomic mass is 16.6. The molecular weight excluding hydrogens is 773 g/mol. The average Bonchev–Trinajstić information content (AvgIpc) is 3.79. The number of alkyl carbamates (subject to hydrolysis) is 2. The number of hydrogen-bond acceptors (Lipinski definition) is 6. The molecule has 62 heavy (non-hydrogen) atoms. The van der Waals surface area contributed by atoms with Crippen LogP contribution in [0.4, 0.5) is 9.59 Å². The van der Waals surface area contributed by atoms with Crippen molar-refractivity contribution in [1.29, 1.82) is 0 Å². The number of carbonyl (C=O) groups excluding carboxylic acids is 3. The Morgan fingerprint density at radius 3 is 1.35 bits per heavy atom. The number of hydrogen-bond donors (Lipinski definition) is 4. The maximum Gasteiger partial charge on any atom is 0.408 e. The van der Waals surface area contributed by atoms with Gasteiger partial charge in [0.15, 0.2) is 12.2 Å². The lowest BCUT2D eigenvalue weighted by Crippen LogP contribution is -2.48. The number of benzene rings is 6. The van der Waals surface area contributed by atoms with Crippen molar-refractivity contribution in [3.8, 4) is 22.3 Å². The van der Waals surface area contributed by atoms with Gasteiger partial charge in [-0.25, -0.2) is 9.59 Å². The number of rotatable bonds is 19. The van der Waals surface area contributed by atoms with Crippen molar-refractivity contribution in [2.75, 3.05) is 19.6 Å². The average molecular weight is 827 g/mol. The predicted molar refractivity (Wildman–Crippen MR) is 244 cm³/mol. The molecule has 2 aliphatic rings. The first-order chi connectivity index (χ1) is 30.5. The standard InChI is InChI=1S/C53H54N4O5/c58-51(48(35-38-22-8-5-9-23-38)57-53(60)62-50-46-30-16-12-26-42(46)43-27-13-17-31-47(43)50)55-33-19-3-1-2-18-32-54-36-39(34-37-20-6-4-7-21-37)56-52(59)61-49-44-28-14-10-24-40(44)41-25-11-15-29-45(41)49/h4-17,20-31,39,48-50,54H,1-3,18-19,32-36H2,(H,55,58)(H,56,59)(H,57,60). The fraction of sp³-hybridized carbons (Fsp3) is 0.264. The number of unbranched alkanes of at least 4 members (excludes halogenated alkanes) is 4. The summed E-state index contributed by atoms with van der Waals surface area (Å²) >= 11 is 0. The number of carbonyl (C=O) groups is 3. The Morgan fingerprint density at radius 1 is 0.452 bits per heavy atom. The zero-order valence-electron chi connectivity index (χ0n) is 34.9. The van der Waals surface area contributed by atoms with Crippen LogP contribution in [0.1, 0.15) is 77.7 Å². The quantitative estimate of drug-likeness (QED) is 0.0605. The minimum Gasteiger partial charge on any atom is -0.436 e. The molecule has 0 aliphatic heterocycles. The third-order valence-electron chi connectivity index (χ3n) is 11.8. The van der Waals surface area contributed by atoms with Crippen LogP contribution in [-0.4, -0.2) is 49.8 Å². The minimum absolute atomic E-state index is 0.154. The van der Waals surface area contributed by atoms with E-state index in [1.54, 1.807) is 0 Å². The van der Waals surface area contributed by atoms with E-state index in [0.29, 0.717) is 25.9 Å². The van der Waals surface area contributed by atoms with E-state index < -0.39 is 30.4 Å². The van der Waals surface area contributed by atoms with Gasteiger partial charge in [-0.05, 0) is 59.2 Å². The van der Waals surface area contributed by atoms with Gasteiger partial charge in [-0.3, -0.25) is 4.79 Å². The highest BCUT2D eigenvalue weighted by Gasteiger charge is 2.33. The lowest BCUT2D eigenvalue weighted by Gasteiger charge is -2.22. The number of amides is 3. The highest BCUT2D eigenvalue weighted by molar-refractivity contribution is 5.86. The second-order valence-corrected chi connectivity index (χ2v) is 16.1. The molecule has 2 atom stereocenters. The Morgan fingerprint density at radius 2 is 0.855 bits per heavy atom. The molecule has 0 spiro atoms. The Bertz CT molecular complexity index is 2350. The summed E-state index contributed by atoms with van der Waals surface area (Å²) in [7, 11) is 0. The van der Waals surface area contributed by atoms with Gasteiger partial charge in [0.05, 0.1) is 0 Å². The van der Waals surface area contributed by atoms with Crippen LogP contribution in [-0.2, 0) is 27.1 Å². The van der Waals surface area contributed by atoms with E-state index in [1.165, 1.54) is 0 Å². The molecule has 4 N–H and O–H groups in total. The van der Waals surface area contributed by atoms with Crippen molar-refractivity contribution in [1.82, 2.24) is 21.3 Å². The van der Waals surface area contributed by atoms with E-state index >= 15 is 0 Å². The molecule has 316 valence electrons.